The van der Waals surface area contributed by atoms with E-state index in [-0.39, 0.29) is 23.2 Å². The van der Waals surface area contributed by atoms with Gasteiger partial charge in [-0.05, 0) is 18.2 Å². The molecule has 0 aliphatic carbocycles. The van der Waals surface area contributed by atoms with Crippen molar-refractivity contribution >= 4 is 35.6 Å². The Balaban J connectivity index is 2.24. The molecule has 0 saturated heterocycles. The molecule has 0 saturated carbocycles. The van der Waals surface area contributed by atoms with E-state index in [0.29, 0.717) is 17.7 Å². The predicted molar refractivity (Wildman–Crippen MR) is 91.3 cm³/mol. The maximum absolute atomic E-state index is 13.7. The molecule has 1 atom stereocenters. The van der Waals surface area contributed by atoms with Gasteiger partial charge in [-0.15, -0.1) is 0 Å². The Morgan fingerprint density at radius 2 is 2.23 bits per heavy atom. The Morgan fingerprint density at radius 3 is 2.88 bits per heavy atom. The minimum Gasteiger partial charge on any atom is -0.342 e. The summed E-state index contributed by atoms with van der Waals surface area (Å²) in [5, 5.41) is 5.36. The molecule has 2 aromatic rings. The zero-order valence-corrected chi connectivity index (χ0v) is 14.7. The van der Waals surface area contributed by atoms with E-state index in [1.165, 1.54) is 27.7 Å². The topological polar surface area (TPSA) is 96.3 Å². The van der Waals surface area contributed by atoms with Crippen molar-refractivity contribution in [3.05, 3.63) is 46.1 Å². The lowest BCUT2D eigenvalue weighted by atomic mass is 10.0. The molecule has 1 unspecified atom stereocenters. The zero-order valence-electron chi connectivity index (χ0n) is 13.9. The fraction of sp³-hybridized carbons (Fsp3) is 0.250. The number of benzene rings is 1. The van der Waals surface area contributed by atoms with E-state index in [4.69, 9.17) is 11.6 Å². The van der Waals surface area contributed by atoms with Gasteiger partial charge in [0.05, 0.1) is 11.7 Å². The summed E-state index contributed by atoms with van der Waals surface area (Å²) >= 11 is 6.18. The molecule has 1 aromatic carbocycles. The number of hydrogen-bond acceptors (Lipinski definition) is 4. The maximum atomic E-state index is 13.7. The molecule has 1 aromatic heterocycles. The third kappa shape index (κ3) is 3.01. The number of halogens is 2. The summed E-state index contributed by atoms with van der Waals surface area (Å²) in [5.41, 5.74) is 0.632. The zero-order chi connectivity index (χ0) is 19.0. The van der Waals surface area contributed by atoms with Crippen molar-refractivity contribution in [2.45, 2.75) is 12.6 Å². The highest BCUT2D eigenvalue weighted by Crippen LogP contribution is 2.35. The van der Waals surface area contributed by atoms with Gasteiger partial charge in [-0.2, -0.15) is 0 Å². The summed E-state index contributed by atoms with van der Waals surface area (Å²) in [4.78, 5) is 41.1. The molecule has 3 rings (SSSR count). The Labute approximate surface area is 152 Å². The quantitative estimate of drug-likeness (QED) is 0.779. The van der Waals surface area contributed by atoms with Crippen molar-refractivity contribution < 1.29 is 18.8 Å². The second-order valence-corrected chi connectivity index (χ2v) is 6.29. The Kier molecular flexibility index (Phi) is 4.64. The van der Waals surface area contributed by atoms with Crippen LogP contribution >= 0.6 is 11.6 Å². The smallest absolute Gasteiger partial charge is 0.289 e. The molecule has 10 heteroatoms. The summed E-state index contributed by atoms with van der Waals surface area (Å²) in [6, 6.07) is 2.87. The van der Waals surface area contributed by atoms with Crippen LogP contribution in [0, 0.1) is 5.82 Å². The minimum absolute atomic E-state index is 0.0123. The monoisotopic (exact) mass is 379 g/mol. The van der Waals surface area contributed by atoms with E-state index >= 15 is 0 Å². The number of imidazole rings is 1. The summed E-state index contributed by atoms with van der Waals surface area (Å²) < 4.78 is 15.1. The lowest BCUT2D eigenvalue weighted by molar-refractivity contribution is -0.123. The molecule has 3 amide bonds. The number of carbonyl (C=O) groups is 3. The van der Waals surface area contributed by atoms with Gasteiger partial charge in [-0.3, -0.25) is 14.4 Å². The van der Waals surface area contributed by atoms with Crippen LogP contribution in [0.4, 0.5) is 10.2 Å². The van der Waals surface area contributed by atoms with Crippen LogP contribution in [0.3, 0.4) is 0 Å². The van der Waals surface area contributed by atoms with E-state index in [9.17, 15) is 18.8 Å². The highest BCUT2D eigenvalue weighted by Gasteiger charge is 2.35. The van der Waals surface area contributed by atoms with E-state index in [2.05, 4.69) is 15.6 Å². The van der Waals surface area contributed by atoms with Crippen molar-refractivity contribution in [3.63, 3.8) is 0 Å². The van der Waals surface area contributed by atoms with E-state index < -0.39 is 23.7 Å². The average Bonchev–Trinajstić information content (AvgIpc) is 2.94. The first kappa shape index (κ1) is 17.9. The lowest BCUT2D eigenvalue weighted by Crippen LogP contribution is -2.41. The summed E-state index contributed by atoms with van der Waals surface area (Å²) in [6.07, 6.45) is 0.410. The van der Waals surface area contributed by atoms with Crippen LogP contribution in [0.2, 0.25) is 5.02 Å². The van der Waals surface area contributed by atoms with Crippen molar-refractivity contribution in [1.29, 1.82) is 0 Å². The molecule has 1 aliphatic heterocycles. The van der Waals surface area contributed by atoms with Gasteiger partial charge in [-0.25, -0.2) is 9.37 Å². The third-order valence-electron chi connectivity index (χ3n) is 3.95. The number of amides is 3. The molecule has 136 valence electrons. The molecule has 8 nitrogen and oxygen atoms in total. The second kappa shape index (κ2) is 6.75. The highest BCUT2D eigenvalue weighted by atomic mass is 35.5. The molecule has 0 spiro atoms. The number of anilines is 1. The Morgan fingerprint density at radius 1 is 1.50 bits per heavy atom. The number of nitrogens with one attached hydrogen (secondary N) is 2. The molecule has 26 heavy (non-hydrogen) atoms. The van der Waals surface area contributed by atoms with Gasteiger partial charge >= 0.3 is 0 Å². The third-order valence-corrected chi connectivity index (χ3v) is 4.29. The number of aromatic nitrogens is 2. The SMILES string of the molecule is CN(C)C(=O)c1nc(NC=O)c2n1CC(=O)NC2c1cc(F)ccc1Cl. The normalized spacial score (nSPS) is 15.8. The van der Waals surface area contributed by atoms with Gasteiger partial charge < -0.3 is 20.1 Å². The van der Waals surface area contributed by atoms with Crippen LogP contribution in [0.25, 0.3) is 0 Å². The molecule has 0 radical (unpaired) electrons. The first-order chi connectivity index (χ1) is 12.3. The number of fused-ring (bicyclic) bond motifs is 1. The summed E-state index contributed by atoms with van der Waals surface area (Å²) in [6.45, 7) is -0.165. The van der Waals surface area contributed by atoms with Gasteiger partial charge in [0.15, 0.2) is 5.82 Å². The van der Waals surface area contributed by atoms with Crippen LogP contribution in [-0.2, 0) is 16.1 Å². The first-order valence-corrected chi connectivity index (χ1v) is 7.97. The van der Waals surface area contributed by atoms with Crippen molar-refractivity contribution in [2.24, 2.45) is 0 Å². The number of hydrogen-bond donors (Lipinski definition) is 2. The van der Waals surface area contributed by atoms with Crippen molar-refractivity contribution in [1.82, 2.24) is 19.8 Å². The van der Waals surface area contributed by atoms with E-state index in [1.54, 1.807) is 14.1 Å². The number of rotatable bonds is 4. The largest absolute Gasteiger partial charge is 0.342 e. The van der Waals surface area contributed by atoms with Gasteiger partial charge in [0.2, 0.25) is 18.1 Å². The average molecular weight is 380 g/mol. The van der Waals surface area contributed by atoms with Gasteiger partial charge in [-0.1, -0.05) is 11.6 Å². The predicted octanol–water partition coefficient (Wildman–Crippen LogP) is 1.16. The lowest BCUT2D eigenvalue weighted by Gasteiger charge is -2.28. The maximum Gasteiger partial charge on any atom is 0.289 e. The standard InChI is InChI=1S/C16H15ClFN5O3/c1-22(2)16(26)15-21-14(19-7-24)13-12(20-11(25)6-23(13)15)9-5-8(18)3-4-10(9)17/h3-5,7,12H,6H2,1-2H3,(H,19,24)(H,20,25). The van der Waals surface area contributed by atoms with Crippen LogP contribution in [-0.4, -0.2) is 46.8 Å². The van der Waals surface area contributed by atoms with Gasteiger partial charge in [0, 0.05) is 24.7 Å². The Bertz CT molecular complexity index is 912. The fourth-order valence-corrected chi connectivity index (χ4v) is 3.05. The van der Waals surface area contributed by atoms with Gasteiger partial charge in [0.1, 0.15) is 12.4 Å². The molecular weight excluding hydrogens is 365 g/mol. The molecule has 2 heterocycles. The molecule has 0 fully saturated rings. The van der Waals surface area contributed by atoms with Gasteiger partial charge in [0.25, 0.3) is 5.91 Å². The second-order valence-electron chi connectivity index (χ2n) is 5.88. The fourth-order valence-electron chi connectivity index (χ4n) is 2.82. The molecule has 2 N–H and O–H groups in total. The minimum atomic E-state index is -0.877. The van der Waals surface area contributed by atoms with Crippen LogP contribution < -0.4 is 10.6 Å². The molecule has 1 aliphatic rings. The van der Waals surface area contributed by atoms with Crippen LogP contribution in [0.1, 0.15) is 27.9 Å². The van der Waals surface area contributed by atoms with Crippen molar-refractivity contribution in [2.75, 3.05) is 19.4 Å². The number of nitrogens with zero attached hydrogens (tertiary/aromatic N) is 3. The van der Waals surface area contributed by atoms with E-state index in [0.717, 1.165) is 0 Å². The van der Waals surface area contributed by atoms with Crippen molar-refractivity contribution in [3.8, 4) is 0 Å². The van der Waals surface area contributed by atoms with Crippen LogP contribution in [0.5, 0.6) is 0 Å². The molecule has 0 bridgehead atoms. The highest BCUT2D eigenvalue weighted by molar-refractivity contribution is 6.31. The van der Waals surface area contributed by atoms with E-state index in [1.807, 2.05) is 0 Å². The first-order valence-electron chi connectivity index (χ1n) is 7.60. The molecular formula is C16H15ClFN5O3. The van der Waals surface area contributed by atoms with Crippen LogP contribution in [0.15, 0.2) is 18.2 Å². The number of carbonyl (C=O) groups excluding carboxylic acids is 3. The Hall–Kier alpha value is -2.94. The summed E-state index contributed by atoms with van der Waals surface area (Å²) in [7, 11) is 3.08. The summed E-state index contributed by atoms with van der Waals surface area (Å²) in [5.74, 6) is -1.29.